The third-order valence-electron chi connectivity index (χ3n) is 13.7. The number of phenols is 1. The van der Waals surface area contributed by atoms with Gasteiger partial charge in [0.05, 0.1) is 35.0 Å². The number of carbonyl (C=O) groups excluding carboxylic acids is 3. The Kier molecular flexibility index (Phi) is 28.2. The number of halogens is 2. The zero-order valence-corrected chi connectivity index (χ0v) is 44.2. The molecule has 0 fully saturated rings. The summed E-state index contributed by atoms with van der Waals surface area (Å²) in [7, 11) is 0. The SMILES string of the molecule is CCCCCCCCCCCCCCCCCCC(CCCCCCCCCCCCCCCC)C(=O)OCCc1cc(Nc2ccc(O)c3c2C(=O)c2ccccc2C3=O)c(Br)cc1Br. The molecule has 3 aromatic carbocycles. The third kappa shape index (κ3) is 19.9. The zero-order chi connectivity index (χ0) is 47.2. The van der Waals surface area contributed by atoms with Crippen LogP contribution in [0, 0.1) is 5.92 Å². The van der Waals surface area contributed by atoms with Crippen LogP contribution in [0.4, 0.5) is 11.4 Å². The molecular weight excluding hydrogens is 950 g/mol. The van der Waals surface area contributed by atoms with Crippen molar-refractivity contribution in [3.05, 3.63) is 85.3 Å². The number of hydrogen-bond acceptors (Lipinski definition) is 6. The van der Waals surface area contributed by atoms with E-state index in [9.17, 15) is 19.5 Å². The van der Waals surface area contributed by atoms with Gasteiger partial charge in [-0.25, -0.2) is 0 Å². The number of nitrogens with one attached hydrogen (secondary N) is 1. The average molecular weight is 1040 g/mol. The number of hydrogen-bond donors (Lipinski definition) is 2. The molecule has 3 aromatic rings. The van der Waals surface area contributed by atoms with E-state index < -0.39 is 0 Å². The molecule has 1 atom stereocenters. The van der Waals surface area contributed by atoms with Crippen LogP contribution >= 0.6 is 31.9 Å². The number of ether oxygens (including phenoxy) is 1. The van der Waals surface area contributed by atoms with Crippen LogP contribution in [0.3, 0.4) is 0 Å². The van der Waals surface area contributed by atoms with E-state index in [2.05, 4.69) is 51.0 Å². The van der Waals surface area contributed by atoms with Crippen LogP contribution in [0.15, 0.2) is 57.5 Å². The molecular formula is C58H85Br2NO5. The Hall–Kier alpha value is -2.97. The number of benzene rings is 3. The second-order valence-electron chi connectivity index (χ2n) is 19.2. The maximum Gasteiger partial charge on any atom is 0.308 e. The number of esters is 1. The first-order valence-corrected chi connectivity index (χ1v) is 28.3. The molecule has 1 aliphatic carbocycles. The van der Waals surface area contributed by atoms with E-state index >= 15 is 0 Å². The van der Waals surface area contributed by atoms with Crippen molar-refractivity contribution in [3.8, 4) is 5.75 Å². The molecule has 0 saturated heterocycles. The first-order chi connectivity index (χ1) is 32.3. The number of phenolic OH excluding ortho intramolecular Hbond substituents is 1. The summed E-state index contributed by atoms with van der Waals surface area (Å²) >= 11 is 7.38. The van der Waals surface area contributed by atoms with Gasteiger partial charge >= 0.3 is 5.97 Å². The Bertz CT molecular complexity index is 1880. The standard InChI is InChI=1S/C58H85Br2NO5/c1-3-5-7-9-11-13-15-17-19-20-22-24-26-28-30-32-36-45(35-31-29-27-25-23-21-18-16-14-12-10-8-6-4-2)58(65)66-42-41-46-43-52(50(60)44-49(46)59)61-51-39-40-53(62)55-54(51)56(63)47-37-33-34-38-48(47)57(55)64/h33-34,37-40,43-45,61-62H,3-32,35-36,41-42H2,1-2H3. The fraction of sp³-hybridized carbons (Fsp3) is 0.638. The molecule has 0 heterocycles. The lowest BCUT2D eigenvalue weighted by atomic mass is 9.82. The van der Waals surface area contributed by atoms with Crippen molar-refractivity contribution >= 4 is 60.8 Å². The van der Waals surface area contributed by atoms with Gasteiger partial charge in [-0.05, 0) is 58.6 Å². The lowest BCUT2D eigenvalue weighted by Crippen LogP contribution is -2.22. The number of aromatic hydroxyl groups is 1. The van der Waals surface area contributed by atoms with Gasteiger partial charge in [0.15, 0.2) is 11.6 Å². The van der Waals surface area contributed by atoms with Crippen LogP contribution in [0.2, 0.25) is 0 Å². The molecule has 0 aromatic heterocycles. The van der Waals surface area contributed by atoms with E-state index in [4.69, 9.17) is 4.74 Å². The highest BCUT2D eigenvalue weighted by Gasteiger charge is 2.34. The van der Waals surface area contributed by atoms with E-state index in [1.807, 2.05) is 12.1 Å². The van der Waals surface area contributed by atoms with Crippen molar-refractivity contribution < 1.29 is 24.2 Å². The molecule has 0 saturated carbocycles. The molecule has 4 rings (SSSR count). The summed E-state index contributed by atoms with van der Waals surface area (Å²) in [6, 6.07) is 13.7. The monoisotopic (exact) mass is 1030 g/mol. The average Bonchev–Trinajstić information content (AvgIpc) is 3.31. The van der Waals surface area contributed by atoms with E-state index in [0.29, 0.717) is 23.4 Å². The Morgan fingerprint density at radius 1 is 0.530 bits per heavy atom. The van der Waals surface area contributed by atoms with Crippen LogP contribution < -0.4 is 5.32 Å². The number of anilines is 2. The summed E-state index contributed by atoms with van der Waals surface area (Å²) in [4.78, 5) is 40.9. The molecule has 0 amide bonds. The highest BCUT2D eigenvalue weighted by atomic mass is 79.9. The van der Waals surface area contributed by atoms with Gasteiger partial charge in [-0.1, -0.05) is 247 Å². The fourth-order valence-electron chi connectivity index (χ4n) is 9.62. The summed E-state index contributed by atoms with van der Waals surface area (Å²) < 4.78 is 7.67. The van der Waals surface area contributed by atoms with E-state index in [-0.39, 0.29) is 52.5 Å². The first kappa shape index (κ1) is 55.6. The second-order valence-corrected chi connectivity index (χ2v) is 20.9. The molecule has 0 radical (unpaired) electrons. The first-order valence-electron chi connectivity index (χ1n) is 26.7. The second kappa shape index (κ2) is 33.5. The predicted octanol–water partition coefficient (Wildman–Crippen LogP) is 18.7. The van der Waals surface area contributed by atoms with Gasteiger partial charge in [-0.3, -0.25) is 14.4 Å². The number of rotatable bonds is 38. The minimum absolute atomic E-state index is 0.00676. The van der Waals surface area contributed by atoms with Gasteiger partial charge in [-0.15, -0.1) is 0 Å². The van der Waals surface area contributed by atoms with Gasteiger partial charge in [0.2, 0.25) is 0 Å². The number of fused-ring (bicyclic) bond motifs is 2. The van der Waals surface area contributed by atoms with Gasteiger partial charge < -0.3 is 15.2 Å². The van der Waals surface area contributed by atoms with E-state index in [1.54, 1.807) is 30.3 Å². The Morgan fingerprint density at radius 3 is 1.38 bits per heavy atom. The zero-order valence-electron chi connectivity index (χ0n) is 41.1. The lowest BCUT2D eigenvalue weighted by molar-refractivity contribution is -0.149. The molecule has 1 aliphatic rings. The van der Waals surface area contributed by atoms with Gasteiger partial charge in [0.1, 0.15) is 5.75 Å². The number of ketones is 2. The summed E-state index contributed by atoms with van der Waals surface area (Å²) in [5.41, 5.74) is 2.82. The number of carbonyl (C=O) groups is 3. The molecule has 0 bridgehead atoms. The highest BCUT2D eigenvalue weighted by molar-refractivity contribution is 9.11. The van der Waals surface area contributed by atoms with Crippen molar-refractivity contribution in [3.63, 3.8) is 0 Å². The minimum atomic E-state index is -0.379. The van der Waals surface area contributed by atoms with Crippen molar-refractivity contribution in [2.75, 3.05) is 11.9 Å². The Labute approximate surface area is 417 Å². The Morgan fingerprint density at radius 2 is 0.939 bits per heavy atom. The minimum Gasteiger partial charge on any atom is -0.507 e. The van der Waals surface area contributed by atoms with Crippen LogP contribution in [0.25, 0.3) is 0 Å². The summed E-state index contributed by atoms with van der Waals surface area (Å²) in [5, 5.41) is 14.1. The van der Waals surface area contributed by atoms with E-state index in [1.165, 1.54) is 186 Å². The van der Waals surface area contributed by atoms with Gasteiger partial charge in [0, 0.05) is 26.5 Å². The van der Waals surface area contributed by atoms with Gasteiger partial charge in [-0.2, -0.15) is 0 Å². The van der Waals surface area contributed by atoms with E-state index in [0.717, 1.165) is 40.2 Å². The maximum atomic E-state index is 13.7. The van der Waals surface area contributed by atoms with Crippen molar-refractivity contribution in [1.29, 1.82) is 0 Å². The quantitative estimate of drug-likeness (QED) is 0.0264. The van der Waals surface area contributed by atoms with Crippen LogP contribution in [-0.4, -0.2) is 29.2 Å². The molecule has 2 N–H and O–H groups in total. The summed E-state index contributed by atoms with van der Waals surface area (Å²) in [6.07, 6.45) is 42.2. The van der Waals surface area contributed by atoms with Crippen LogP contribution in [0.1, 0.15) is 257 Å². The van der Waals surface area contributed by atoms with Crippen molar-refractivity contribution in [2.45, 2.75) is 226 Å². The van der Waals surface area contributed by atoms with Crippen molar-refractivity contribution in [1.82, 2.24) is 0 Å². The summed E-state index contributed by atoms with van der Waals surface area (Å²) in [6.45, 7) is 4.83. The molecule has 8 heteroatoms. The number of unbranched alkanes of at least 4 members (excludes halogenated alkanes) is 28. The molecule has 6 nitrogen and oxygen atoms in total. The van der Waals surface area contributed by atoms with Crippen LogP contribution in [0.5, 0.6) is 5.75 Å². The maximum absolute atomic E-state index is 13.7. The topological polar surface area (TPSA) is 92.7 Å². The van der Waals surface area contributed by atoms with Crippen LogP contribution in [-0.2, 0) is 16.0 Å². The highest BCUT2D eigenvalue weighted by Crippen LogP contribution is 2.40. The Balaban J connectivity index is 1.23. The van der Waals surface area contributed by atoms with Gasteiger partial charge in [0.25, 0.3) is 0 Å². The molecule has 366 valence electrons. The third-order valence-corrected chi connectivity index (χ3v) is 15.1. The predicted molar refractivity (Wildman–Crippen MR) is 284 cm³/mol. The molecule has 0 spiro atoms. The molecule has 66 heavy (non-hydrogen) atoms. The smallest absolute Gasteiger partial charge is 0.308 e. The molecule has 1 unspecified atom stereocenters. The normalized spacial score (nSPS) is 12.6. The largest absolute Gasteiger partial charge is 0.507 e. The fourth-order valence-corrected chi connectivity index (χ4v) is 10.9. The lowest BCUT2D eigenvalue weighted by Gasteiger charge is -2.22. The van der Waals surface area contributed by atoms with Crippen molar-refractivity contribution in [2.24, 2.45) is 5.92 Å². The molecule has 0 aliphatic heterocycles. The summed E-state index contributed by atoms with van der Waals surface area (Å²) in [5.74, 6) is -1.06.